The van der Waals surface area contributed by atoms with Crippen molar-refractivity contribution < 1.29 is 37.0 Å². The molecule has 13 heteroatoms. The average molecular weight is 516 g/mol. The Bertz CT molecular complexity index is 1420. The van der Waals surface area contributed by atoms with Gasteiger partial charge >= 0.3 is 18.2 Å². The molecule has 3 heterocycles. The molecule has 1 atom stereocenters. The Morgan fingerprint density at radius 3 is 2.59 bits per heavy atom. The van der Waals surface area contributed by atoms with E-state index in [-0.39, 0.29) is 36.9 Å². The zero-order valence-corrected chi connectivity index (χ0v) is 19.1. The number of nitrogens with zero attached hydrogens (tertiary/aromatic N) is 4. The standard InChI is InChI=1S/C24H19F3N4O6/c25-24(26,27)37-17-4-1-15(2-5-17)13-35-22-8-3-16-11-18(6-7-20(16)28-22)34-14-19-9-10-30-12-21(31(32)33)29-23(30)36-19/h1-8,11-12,19H,9-10,13-14H2/t19-/m1/s1. The zero-order valence-electron chi connectivity index (χ0n) is 19.1. The number of hydrogen-bond acceptors (Lipinski definition) is 8. The normalized spacial score (nSPS) is 15.1. The number of aromatic nitrogens is 3. The molecule has 1 aliphatic rings. The van der Waals surface area contributed by atoms with Crippen molar-refractivity contribution in [3.8, 4) is 23.4 Å². The van der Waals surface area contributed by atoms with Gasteiger partial charge < -0.3 is 29.1 Å². The van der Waals surface area contributed by atoms with Gasteiger partial charge in [-0.3, -0.25) is 4.57 Å². The summed E-state index contributed by atoms with van der Waals surface area (Å²) in [7, 11) is 0. The average Bonchev–Trinajstić information content (AvgIpc) is 3.30. The van der Waals surface area contributed by atoms with Gasteiger partial charge in [-0.15, -0.1) is 13.2 Å². The van der Waals surface area contributed by atoms with Crippen LogP contribution >= 0.6 is 0 Å². The van der Waals surface area contributed by atoms with Gasteiger partial charge in [-0.05, 0) is 46.9 Å². The second-order valence-electron chi connectivity index (χ2n) is 8.16. The maximum atomic E-state index is 12.3. The molecule has 0 N–H and O–H groups in total. The van der Waals surface area contributed by atoms with Crippen molar-refractivity contribution in [2.24, 2.45) is 0 Å². The molecule has 10 nitrogen and oxygen atoms in total. The molecule has 0 radical (unpaired) electrons. The summed E-state index contributed by atoms with van der Waals surface area (Å²) in [5.41, 5.74) is 1.32. The van der Waals surface area contributed by atoms with E-state index in [0.717, 1.165) is 5.39 Å². The molecule has 4 aromatic rings. The zero-order chi connectivity index (χ0) is 26.0. The first-order chi connectivity index (χ1) is 17.7. The van der Waals surface area contributed by atoms with Crippen molar-refractivity contribution in [1.82, 2.24) is 14.5 Å². The molecule has 0 fully saturated rings. The Labute approximate surface area is 207 Å². The van der Waals surface area contributed by atoms with E-state index in [9.17, 15) is 23.3 Å². The molecule has 37 heavy (non-hydrogen) atoms. The maximum absolute atomic E-state index is 12.3. The minimum atomic E-state index is -4.74. The fraction of sp³-hybridized carbons (Fsp3) is 0.250. The second kappa shape index (κ2) is 9.84. The number of alkyl halides is 3. The Balaban J connectivity index is 1.16. The fourth-order valence-corrected chi connectivity index (χ4v) is 3.73. The smallest absolute Gasteiger partial charge is 0.490 e. The third-order valence-electron chi connectivity index (χ3n) is 5.49. The van der Waals surface area contributed by atoms with Crippen molar-refractivity contribution in [1.29, 1.82) is 0 Å². The van der Waals surface area contributed by atoms with Crippen LogP contribution in [0.2, 0.25) is 0 Å². The molecule has 2 aromatic carbocycles. The van der Waals surface area contributed by atoms with Crippen LogP contribution in [0.5, 0.6) is 23.4 Å². The predicted octanol–water partition coefficient (Wildman–Crippen LogP) is 5.05. The van der Waals surface area contributed by atoms with Gasteiger partial charge in [0.2, 0.25) is 5.88 Å². The van der Waals surface area contributed by atoms with Crippen LogP contribution in [0, 0.1) is 10.1 Å². The highest BCUT2D eigenvalue weighted by molar-refractivity contribution is 5.80. The van der Waals surface area contributed by atoms with Crippen molar-refractivity contribution in [2.45, 2.75) is 32.0 Å². The first-order valence-electron chi connectivity index (χ1n) is 11.1. The molecular weight excluding hydrogens is 497 g/mol. The van der Waals surface area contributed by atoms with E-state index in [2.05, 4.69) is 14.7 Å². The molecular formula is C24H19F3N4O6. The minimum absolute atomic E-state index is 0.120. The van der Waals surface area contributed by atoms with Crippen molar-refractivity contribution in [2.75, 3.05) is 6.61 Å². The molecule has 0 saturated heterocycles. The first kappa shape index (κ1) is 24.2. The van der Waals surface area contributed by atoms with E-state index in [4.69, 9.17) is 14.2 Å². The van der Waals surface area contributed by atoms with Crippen LogP contribution in [-0.4, -0.2) is 38.5 Å². The summed E-state index contributed by atoms with van der Waals surface area (Å²) in [6, 6.07) is 14.5. The minimum Gasteiger partial charge on any atom is -0.490 e. The highest BCUT2D eigenvalue weighted by Crippen LogP contribution is 2.27. The summed E-state index contributed by atoms with van der Waals surface area (Å²) in [6.45, 7) is 0.905. The van der Waals surface area contributed by atoms with Crippen molar-refractivity contribution in [3.63, 3.8) is 0 Å². The molecule has 5 rings (SSSR count). The largest absolute Gasteiger partial charge is 0.573 e. The molecule has 0 saturated carbocycles. The van der Waals surface area contributed by atoms with Gasteiger partial charge in [0.05, 0.1) is 5.52 Å². The monoisotopic (exact) mass is 516 g/mol. The predicted molar refractivity (Wildman–Crippen MR) is 123 cm³/mol. The van der Waals surface area contributed by atoms with Crippen molar-refractivity contribution >= 4 is 16.7 Å². The topological polar surface area (TPSA) is 111 Å². The first-order valence-corrected chi connectivity index (χ1v) is 11.1. The highest BCUT2D eigenvalue weighted by atomic mass is 19.4. The molecule has 0 amide bonds. The van der Waals surface area contributed by atoms with Gasteiger partial charge in [0, 0.05) is 29.4 Å². The Morgan fingerprint density at radius 1 is 1.05 bits per heavy atom. The number of ether oxygens (including phenoxy) is 4. The van der Waals surface area contributed by atoms with Crippen molar-refractivity contribution in [3.05, 3.63) is 76.5 Å². The molecule has 0 unspecified atom stereocenters. The molecule has 0 spiro atoms. The number of benzene rings is 2. The maximum Gasteiger partial charge on any atom is 0.573 e. The number of halogens is 3. The van der Waals surface area contributed by atoms with Gasteiger partial charge in [-0.1, -0.05) is 12.1 Å². The summed E-state index contributed by atoms with van der Waals surface area (Å²) in [6.07, 6.45) is -3.07. The second-order valence-corrected chi connectivity index (χ2v) is 8.16. The Hall–Kier alpha value is -4.55. The summed E-state index contributed by atoms with van der Waals surface area (Å²) in [5, 5.41) is 11.7. The van der Waals surface area contributed by atoms with Gasteiger partial charge in [0.25, 0.3) is 0 Å². The number of rotatable bonds is 8. The Morgan fingerprint density at radius 2 is 1.84 bits per heavy atom. The molecule has 192 valence electrons. The van der Waals surface area contributed by atoms with E-state index in [0.29, 0.717) is 35.7 Å². The van der Waals surface area contributed by atoms with E-state index in [1.54, 1.807) is 22.8 Å². The number of fused-ring (bicyclic) bond motifs is 2. The summed E-state index contributed by atoms with van der Waals surface area (Å²) >= 11 is 0. The van der Waals surface area contributed by atoms with E-state index < -0.39 is 11.3 Å². The van der Waals surface area contributed by atoms with E-state index in [1.807, 2.05) is 12.1 Å². The van der Waals surface area contributed by atoms with Crippen LogP contribution in [0.3, 0.4) is 0 Å². The quantitative estimate of drug-likeness (QED) is 0.236. The van der Waals surface area contributed by atoms with Gasteiger partial charge in [0.1, 0.15) is 37.0 Å². The molecule has 0 bridgehead atoms. The summed E-state index contributed by atoms with van der Waals surface area (Å²) in [5.74, 6) is 0.406. The van der Waals surface area contributed by atoms with Gasteiger partial charge in [-0.25, -0.2) is 4.98 Å². The molecule has 0 aliphatic carbocycles. The lowest BCUT2D eigenvalue weighted by atomic mass is 10.2. The van der Waals surface area contributed by atoms with Crippen LogP contribution in [0.1, 0.15) is 12.0 Å². The van der Waals surface area contributed by atoms with Crippen LogP contribution in [0.4, 0.5) is 19.0 Å². The number of hydrogen-bond donors (Lipinski definition) is 0. The van der Waals surface area contributed by atoms with Crippen LogP contribution in [-0.2, 0) is 13.2 Å². The van der Waals surface area contributed by atoms with E-state index in [1.165, 1.54) is 30.5 Å². The van der Waals surface area contributed by atoms with Gasteiger partial charge in [-0.2, -0.15) is 0 Å². The number of imidazole rings is 1. The third-order valence-corrected chi connectivity index (χ3v) is 5.49. The van der Waals surface area contributed by atoms with Gasteiger partial charge in [0.15, 0.2) is 0 Å². The fourth-order valence-electron chi connectivity index (χ4n) is 3.73. The molecule has 2 aromatic heterocycles. The SMILES string of the molecule is O=[N+]([O-])c1cn2c(n1)O[C@@H](COc1ccc3nc(OCc4ccc(OC(F)(F)F)cc4)ccc3c1)CC2. The summed E-state index contributed by atoms with van der Waals surface area (Å²) < 4.78 is 59.5. The Kier molecular flexibility index (Phi) is 6.42. The third kappa shape index (κ3) is 6.00. The highest BCUT2D eigenvalue weighted by Gasteiger charge is 2.31. The number of nitro groups is 1. The molecule has 1 aliphatic heterocycles. The number of pyridine rings is 1. The summed E-state index contributed by atoms with van der Waals surface area (Å²) in [4.78, 5) is 18.7. The lowest BCUT2D eigenvalue weighted by Crippen LogP contribution is -2.31. The van der Waals surface area contributed by atoms with Crippen LogP contribution in [0.15, 0.2) is 60.8 Å². The lowest BCUT2D eigenvalue weighted by molar-refractivity contribution is -0.389. The van der Waals surface area contributed by atoms with Crippen LogP contribution < -0.4 is 18.9 Å². The van der Waals surface area contributed by atoms with Crippen LogP contribution in [0.25, 0.3) is 10.9 Å². The van der Waals surface area contributed by atoms with E-state index >= 15 is 0 Å². The number of aryl methyl sites for hydroxylation is 1. The lowest BCUT2D eigenvalue weighted by Gasteiger charge is -2.22.